The molecule has 3 aromatic rings. The average molecular weight is 473 g/mol. The van der Waals surface area contributed by atoms with Crippen LogP contribution in [-0.2, 0) is 24.4 Å². The van der Waals surface area contributed by atoms with Gasteiger partial charge in [0, 0.05) is 37.8 Å². The van der Waals surface area contributed by atoms with E-state index in [0.717, 1.165) is 29.7 Å². The molecule has 0 bridgehead atoms. The first-order valence-corrected chi connectivity index (χ1v) is 12.7. The second-order valence-corrected chi connectivity index (χ2v) is 9.34. The van der Waals surface area contributed by atoms with E-state index in [2.05, 4.69) is 4.98 Å². The van der Waals surface area contributed by atoms with Crippen LogP contribution in [0.2, 0.25) is 0 Å². The second kappa shape index (κ2) is 12.9. The Balaban J connectivity index is 1.45. The highest BCUT2D eigenvalue weighted by atomic mass is 16.5. The molecule has 0 saturated heterocycles. The molecule has 1 saturated carbocycles. The van der Waals surface area contributed by atoms with E-state index in [4.69, 9.17) is 9.47 Å². The lowest BCUT2D eigenvalue weighted by Crippen LogP contribution is -2.32. The van der Waals surface area contributed by atoms with Crippen LogP contribution in [0, 0.1) is 5.92 Å². The van der Waals surface area contributed by atoms with E-state index in [9.17, 15) is 4.79 Å². The standard InChI is InChI=1S/C30H36N2O3/c1-34-28-16-14-26(21-29(28)35-23-25-11-3-2-4-12-25)22-32(20-18-27-13-7-8-19-31-27)30(33)17-15-24-9-5-6-10-24/h2-4,7-8,11-14,16,19,21,24H,5-6,9-10,15,17-18,20,22-23H2,1H3. The third-order valence-electron chi connectivity index (χ3n) is 6.80. The fourth-order valence-electron chi connectivity index (χ4n) is 4.76. The molecule has 2 aromatic carbocycles. The van der Waals surface area contributed by atoms with Crippen LogP contribution >= 0.6 is 0 Å². The van der Waals surface area contributed by atoms with Crippen LogP contribution in [-0.4, -0.2) is 29.4 Å². The van der Waals surface area contributed by atoms with Crippen LogP contribution in [0.4, 0.5) is 0 Å². The van der Waals surface area contributed by atoms with Crippen molar-refractivity contribution in [2.24, 2.45) is 5.92 Å². The molecule has 184 valence electrons. The zero-order valence-corrected chi connectivity index (χ0v) is 20.7. The Hall–Kier alpha value is -3.34. The third-order valence-corrected chi connectivity index (χ3v) is 6.80. The molecule has 0 spiro atoms. The number of hydrogen-bond acceptors (Lipinski definition) is 4. The summed E-state index contributed by atoms with van der Waals surface area (Å²) >= 11 is 0. The van der Waals surface area contributed by atoms with Gasteiger partial charge in [0.15, 0.2) is 11.5 Å². The van der Waals surface area contributed by atoms with Gasteiger partial charge < -0.3 is 14.4 Å². The van der Waals surface area contributed by atoms with Gasteiger partial charge in [0.2, 0.25) is 5.91 Å². The topological polar surface area (TPSA) is 51.7 Å². The molecule has 1 aromatic heterocycles. The quantitative estimate of drug-likeness (QED) is 0.314. The van der Waals surface area contributed by atoms with Crippen molar-refractivity contribution in [1.82, 2.24) is 9.88 Å². The van der Waals surface area contributed by atoms with Crippen LogP contribution < -0.4 is 9.47 Å². The molecule has 5 heteroatoms. The van der Waals surface area contributed by atoms with Crippen molar-refractivity contribution in [2.75, 3.05) is 13.7 Å². The van der Waals surface area contributed by atoms with Crippen LogP contribution in [0.25, 0.3) is 0 Å². The smallest absolute Gasteiger partial charge is 0.222 e. The summed E-state index contributed by atoms with van der Waals surface area (Å²) in [5.41, 5.74) is 3.13. The highest BCUT2D eigenvalue weighted by Crippen LogP contribution is 2.31. The average Bonchev–Trinajstić information content (AvgIpc) is 3.43. The van der Waals surface area contributed by atoms with Gasteiger partial charge in [-0.15, -0.1) is 0 Å². The van der Waals surface area contributed by atoms with Crippen LogP contribution in [0.15, 0.2) is 72.9 Å². The Bertz CT molecular complexity index is 1050. The summed E-state index contributed by atoms with van der Waals surface area (Å²) < 4.78 is 11.6. The predicted octanol–water partition coefficient (Wildman–Crippen LogP) is 6.21. The van der Waals surface area contributed by atoms with Crippen LogP contribution in [0.1, 0.15) is 55.3 Å². The zero-order valence-electron chi connectivity index (χ0n) is 20.7. The summed E-state index contributed by atoms with van der Waals surface area (Å²) in [5.74, 6) is 2.31. The summed E-state index contributed by atoms with van der Waals surface area (Å²) in [6, 6.07) is 22.0. The molecule has 1 aliphatic carbocycles. The fourth-order valence-corrected chi connectivity index (χ4v) is 4.76. The molecule has 0 atom stereocenters. The highest BCUT2D eigenvalue weighted by Gasteiger charge is 2.20. The van der Waals surface area contributed by atoms with Gasteiger partial charge in [0.1, 0.15) is 6.61 Å². The third kappa shape index (κ3) is 7.57. The first kappa shape index (κ1) is 24.8. The maximum Gasteiger partial charge on any atom is 0.222 e. The van der Waals surface area contributed by atoms with Crippen molar-refractivity contribution in [2.45, 2.75) is 58.1 Å². The van der Waals surface area contributed by atoms with Gasteiger partial charge in [-0.25, -0.2) is 0 Å². The maximum atomic E-state index is 13.3. The van der Waals surface area contributed by atoms with Crippen molar-refractivity contribution in [3.05, 3.63) is 89.7 Å². The van der Waals surface area contributed by atoms with E-state index < -0.39 is 0 Å². The van der Waals surface area contributed by atoms with Crippen molar-refractivity contribution < 1.29 is 14.3 Å². The van der Waals surface area contributed by atoms with E-state index in [-0.39, 0.29) is 5.91 Å². The normalized spacial score (nSPS) is 13.5. The first-order chi connectivity index (χ1) is 17.2. The van der Waals surface area contributed by atoms with Gasteiger partial charge in [0.05, 0.1) is 7.11 Å². The van der Waals surface area contributed by atoms with E-state index in [1.54, 1.807) is 13.3 Å². The number of hydrogen-bond donors (Lipinski definition) is 0. The lowest BCUT2D eigenvalue weighted by atomic mass is 10.0. The molecular formula is C30H36N2O3. The van der Waals surface area contributed by atoms with Crippen molar-refractivity contribution in [1.29, 1.82) is 0 Å². The minimum absolute atomic E-state index is 0.218. The largest absolute Gasteiger partial charge is 0.493 e. The second-order valence-electron chi connectivity index (χ2n) is 9.34. The number of pyridine rings is 1. The Labute approximate surface area is 209 Å². The number of benzene rings is 2. The van der Waals surface area contributed by atoms with Crippen molar-refractivity contribution in [3.63, 3.8) is 0 Å². The zero-order chi connectivity index (χ0) is 24.3. The Kier molecular flexibility index (Phi) is 9.16. The molecule has 0 unspecified atom stereocenters. The molecule has 0 N–H and O–H groups in total. The van der Waals surface area contributed by atoms with Crippen LogP contribution in [0.3, 0.4) is 0 Å². The molecule has 1 fully saturated rings. The molecule has 1 amide bonds. The fraction of sp³-hybridized carbons (Fsp3) is 0.400. The lowest BCUT2D eigenvalue weighted by molar-refractivity contribution is -0.132. The SMILES string of the molecule is COc1ccc(CN(CCc2ccccn2)C(=O)CCC2CCCC2)cc1OCc1ccccc1. The molecule has 1 aliphatic rings. The molecule has 0 aliphatic heterocycles. The minimum Gasteiger partial charge on any atom is -0.493 e. The number of methoxy groups -OCH3 is 1. The highest BCUT2D eigenvalue weighted by molar-refractivity contribution is 5.76. The van der Waals surface area contributed by atoms with Crippen molar-refractivity contribution in [3.8, 4) is 11.5 Å². The molecular weight excluding hydrogens is 436 g/mol. The summed E-state index contributed by atoms with van der Waals surface area (Å²) in [7, 11) is 1.65. The number of rotatable bonds is 12. The van der Waals surface area contributed by atoms with E-state index in [1.165, 1.54) is 25.7 Å². The van der Waals surface area contributed by atoms with Gasteiger partial charge in [-0.1, -0.05) is 68.1 Å². The minimum atomic E-state index is 0.218. The number of ether oxygens (including phenoxy) is 2. The van der Waals surface area contributed by atoms with Gasteiger partial charge in [-0.3, -0.25) is 9.78 Å². The molecule has 5 nitrogen and oxygen atoms in total. The molecule has 4 rings (SSSR count). The van der Waals surface area contributed by atoms with Gasteiger partial charge in [-0.05, 0) is 47.7 Å². The van der Waals surface area contributed by atoms with Gasteiger partial charge in [0.25, 0.3) is 0 Å². The summed E-state index contributed by atoms with van der Waals surface area (Å²) in [4.78, 5) is 19.7. The number of aromatic nitrogens is 1. The number of carbonyl (C=O) groups excluding carboxylic acids is 1. The summed E-state index contributed by atoms with van der Waals surface area (Å²) in [5, 5.41) is 0. The monoisotopic (exact) mass is 472 g/mol. The number of carbonyl (C=O) groups is 1. The van der Waals surface area contributed by atoms with E-state index in [0.29, 0.717) is 43.5 Å². The van der Waals surface area contributed by atoms with E-state index in [1.807, 2.05) is 71.6 Å². The Morgan fingerprint density at radius 1 is 0.971 bits per heavy atom. The van der Waals surface area contributed by atoms with Crippen molar-refractivity contribution >= 4 is 5.91 Å². The Morgan fingerprint density at radius 2 is 1.77 bits per heavy atom. The van der Waals surface area contributed by atoms with E-state index >= 15 is 0 Å². The van der Waals surface area contributed by atoms with Gasteiger partial charge in [-0.2, -0.15) is 0 Å². The van der Waals surface area contributed by atoms with Crippen LogP contribution in [0.5, 0.6) is 11.5 Å². The molecule has 1 heterocycles. The maximum absolute atomic E-state index is 13.3. The van der Waals surface area contributed by atoms with Gasteiger partial charge >= 0.3 is 0 Å². The predicted molar refractivity (Wildman–Crippen MR) is 138 cm³/mol. The Morgan fingerprint density at radius 3 is 2.51 bits per heavy atom. The first-order valence-electron chi connectivity index (χ1n) is 12.7. The summed E-state index contributed by atoms with van der Waals surface area (Å²) in [6.07, 6.45) is 9.29. The lowest BCUT2D eigenvalue weighted by Gasteiger charge is -2.24. The molecule has 35 heavy (non-hydrogen) atoms. The molecule has 0 radical (unpaired) electrons. The summed E-state index contributed by atoms with van der Waals surface area (Å²) in [6.45, 7) is 1.65. The number of nitrogens with zero attached hydrogens (tertiary/aromatic N) is 2. The number of amides is 1.